The molecule has 0 unspecified atom stereocenters. The number of nitrogens with one attached hydrogen (secondary N) is 2. The molecular formula is C25H35IN4O3. The third-order valence-corrected chi connectivity index (χ3v) is 5.28. The van der Waals surface area contributed by atoms with Gasteiger partial charge in [-0.3, -0.25) is 9.79 Å². The standard InChI is InChI=1S/C25H34N4O3.HI/c1-18-8-11-21(23(12-18)32-16-19-9-10-19)15-28-25(26-2)27-14-20-6-5-7-22(13-20)31-17-24(30)29(3)4;/h5-8,11-13,19H,9-10,14-17H2,1-4H3,(H2,26,27,28);1H. The molecule has 7 nitrogen and oxygen atoms in total. The fourth-order valence-corrected chi connectivity index (χ4v) is 3.04. The summed E-state index contributed by atoms with van der Waals surface area (Å²) in [5.41, 5.74) is 3.34. The number of aryl methyl sites for hydroxylation is 1. The van der Waals surface area contributed by atoms with E-state index in [4.69, 9.17) is 9.47 Å². The van der Waals surface area contributed by atoms with Crippen LogP contribution in [-0.2, 0) is 17.9 Å². The summed E-state index contributed by atoms with van der Waals surface area (Å²) < 4.78 is 11.7. The van der Waals surface area contributed by atoms with E-state index in [9.17, 15) is 4.79 Å². The SMILES string of the molecule is CN=C(NCc1cccc(OCC(=O)N(C)C)c1)NCc1ccc(C)cc1OCC1CC1.I. The smallest absolute Gasteiger partial charge is 0.259 e. The molecular weight excluding hydrogens is 531 g/mol. The van der Waals surface area contributed by atoms with Gasteiger partial charge in [0.2, 0.25) is 0 Å². The summed E-state index contributed by atoms with van der Waals surface area (Å²) in [6.07, 6.45) is 2.54. The number of carbonyl (C=O) groups is 1. The van der Waals surface area contributed by atoms with Crippen molar-refractivity contribution >= 4 is 35.8 Å². The summed E-state index contributed by atoms with van der Waals surface area (Å²) in [5.74, 6) is 2.95. The molecule has 0 atom stereocenters. The summed E-state index contributed by atoms with van der Waals surface area (Å²) in [4.78, 5) is 17.6. The van der Waals surface area contributed by atoms with Gasteiger partial charge in [-0.2, -0.15) is 0 Å². The molecule has 0 aliphatic heterocycles. The Labute approximate surface area is 214 Å². The van der Waals surface area contributed by atoms with Crippen molar-refractivity contribution in [2.45, 2.75) is 32.9 Å². The highest BCUT2D eigenvalue weighted by Gasteiger charge is 2.22. The van der Waals surface area contributed by atoms with Gasteiger partial charge in [0.1, 0.15) is 11.5 Å². The van der Waals surface area contributed by atoms with Crippen molar-refractivity contribution < 1.29 is 14.3 Å². The Hall–Kier alpha value is -2.49. The fraction of sp³-hybridized carbons (Fsp3) is 0.440. The van der Waals surface area contributed by atoms with Crippen LogP contribution in [0.25, 0.3) is 0 Å². The number of carbonyl (C=O) groups excluding carboxylic acids is 1. The third kappa shape index (κ3) is 9.11. The van der Waals surface area contributed by atoms with E-state index in [0.29, 0.717) is 30.7 Å². The number of hydrogen-bond donors (Lipinski definition) is 2. The maximum atomic E-state index is 11.7. The average Bonchev–Trinajstić information content (AvgIpc) is 3.62. The molecule has 2 aromatic carbocycles. The molecule has 180 valence electrons. The second kappa shape index (κ2) is 13.3. The van der Waals surface area contributed by atoms with E-state index in [2.05, 4.69) is 40.7 Å². The summed E-state index contributed by atoms with van der Waals surface area (Å²) in [7, 11) is 5.17. The minimum absolute atomic E-state index is 0. The van der Waals surface area contributed by atoms with Gasteiger partial charge in [0.05, 0.1) is 6.61 Å². The third-order valence-electron chi connectivity index (χ3n) is 5.28. The molecule has 0 spiro atoms. The number of aliphatic imine (C=N–C) groups is 1. The quantitative estimate of drug-likeness (QED) is 0.261. The second-order valence-electron chi connectivity index (χ2n) is 8.37. The van der Waals surface area contributed by atoms with E-state index in [1.54, 1.807) is 21.1 Å². The highest BCUT2D eigenvalue weighted by atomic mass is 127. The van der Waals surface area contributed by atoms with Crippen LogP contribution in [0.1, 0.15) is 29.5 Å². The lowest BCUT2D eigenvalue weighted by Crippen LogP contribution is -2.36. The number of benzene rings is 2. The van der Waals surface area contributed by atoms with Gasteiger partial charge in [0.25, 0.3) is 5.91 Å². The Morgan fingerprint density at radius 3 is 2.55 bits per heavy atom. The van der Waals surface area contributed by atoms with Crippen LogP contribution in [0.4, 0.5) is 0 Å². The molecule has 0 heterocycles. The minimum atomic E-state index is -0.0743. The van der Waals surface area contributed by atoms with Gasteiger partial charge in [0.15, 0.2) is 12.6 Å². The zero-order chi connectivity index (χ0) is 22.9. The molecule has 0 saturated heterocycles. The molecule has 1 aliphatic carbocycles. The van der Waals surface area contributed by atoms with Crippen LogP contribution in [0.2, 0.25) is 0 Å². The predicted octanol–water partition coefficient (Wildman–Crippen LogP) is 3.73. The number of likely N-dealkylation sites (N-methyl/N-ethyl adjacent to an activating group) is 1. The minimum Gasteiger partial charge on any atom is -0.493 e. The Morgan fingerprint density at radius 1 is 1.09 bits per heavy atom. The number of amides is 1. The molecule has 0 aromatic heterocycles. The summed E-state index contributed by atoms with van der Waals surface area (Å²) in [6.45, 7) is 4.10. The van der Waals surface area contributed by atoms with Crippen molar-refractivity contribution in [1.29, 1.82) is 0 Å². The first kappa shape index (κ1) is 26.8. The van der Waals surface area contributed by atoms with Crippen molar-refractivity contribution in [3.63, 3.8) is 0 Å². The number of rotatable bonds is 10. The molecule has 1 saturated carbocycles. The number of hydrogen-bond acceptors (Lipinski definition) is 4. The zero-order valence-electron chi connectivity index (χ0n) is 19.9. The van der Waals surface area contributed by atoms with Crippen LogP contribution in [-0.4, -0.2) is 51.1 Å². The Bertz CT molecular complexity index is 945. The first-order valence-electron chi connectivity index (χ1n) is 11.0. The zero-order valence-corrected chi connectivity index (χ0v) is 22.2. The molecule has 2 N–H and O–H groups in total. The van der Waals surface area contributed by atoms with E-state index in [0.717, 1.165) is 23.5 Å². The van der Waals surface area contributed by atoms with Crippen molar-refractivity contribution in [1.82, 2.24) is 15.5 Å². The lowest BCUT2D eigenvalue weighted by Gasteiger charge is -2.16. The number of guanidine groups is 1. The van der Waals surface area contributed by atoms with Crippen LogP contribution >= 0.6 is 24.0 Å². The van der Waals surface area contributed by atoms with E-state index in [1.165, 1.54) is 23.3 Å². The lowest BCUT2D eigenvalue weighted by atomic mass is 10.1. The van der Waals surface area contributed by atoms with Gasteiger partial charge < -0.3 is 25.0 Å². The summed E-state index contributed by atoms with van der Waals surface area (Å²) in [5, 5.41) is 6.69. The van der Waals surface area contributed by atoms with Gasteiger partial charge in [-0.1, -0.05) is 24.3 Å². The van der Waals surface area contributed by atoms with Crippen molar-refractivity contribution in [2.24, 2.45) is 10.9 Å². The number of halogens is 1. The molecule has 2 aromatic rings. The lowest BCUT2D eigenvalue weighted by molar-refractivity contribution is -0.130. The number of nitrogens with zero attached hydrogens (tertiary/aromatic N) is 2. The van der Waals surface area contributed by atoms with Gasteiger partial charge in [0, 0.05) is 39.8 Å². The van der Waals surface area contributed by atoms with E-state index >= 15 is 0 Å². The second-order valence-corrected chi connectivity index (χ2v) is 8.37. The first-order chi connectivity index (χ1) is 15.4. The van der Waals surface area contributed by atoms with E-state index in [1.807, 2.05) is 24.3 Å². The average molecular weight is 566 g/mol. The van der Waals surface area contributed by atoms with Gasteiger partial charge in [-0.25, -0.2) is 0 Å². The van der Waals surface area contributed by atoms with Crippen molar-refractivity contribution in [2.75, 3.05) is 34.4 Å². The van der Waals surface area contributed by atoms with Gasteiger partial charge in [-0.05, 0) is 55.0 Å². The summed E-state index contributed by atoms with van der Waals surface area (Å²) in [6, 6.07) is 14.0. The van der Waals surface area contributed by atoms with Gasteiger partial charge >= 0.3 is 0 Å². The maximum Gasteiger partial charge on any atom is 0.259 e. The number of ether oxygens (including phenoxy) is 2. The predicted molar refractivity (Wildman–Crippen MR) is 142 cm³/mol. The topological polar surface area (TPSA) is 75.2 Å². The molecule has 1 aliphatic rings. The van der Waals surface area contributed by atoms with Crippen LogP contribution in [0.15, 0.2) is 47.5 Å². The Kier molecular flexibility index (Phi) is 10.8. The first-order valence-corrected chi connectivity index (χ1v) is 11.0. The van der Waals surface area contributed by atoms with Crippen LogP contribution in [0, 0.1) is 12.8 Å². The maximum absolute atomic E-state index is 11.7. The molecule has 33 heavy (non-hydrogen) atoms. The fourth-order valence-electron chi connectivity index (χ4n) is 3.04. The molecule has 3 rings (SSSR count). The van der Waals surface area contributed by atoms with Gasteiger partial charge in [-0.15, -0.1) is 24.0 Å². The van der Waals surface area contributed by atoms with Crippen LogP contribution in [0.3, 0.4) is 0 Å². The molecule has 8 heteroatoms. The highest BCUT2D eigenvalue weighted by Crippen LogP contribution is 2.30. The normalized spacial score (nSPS) is 13.0. The van der Waals surface area contributed by atoms with E-state index in [-0.39, 0.29) is 36.5 Å². The highest BCUT2D eigenvalue weighted by molar-refractivity contribution is 14.0. The summed E-state index contributed by atoms with van der Waals surface area (Å²) >= 11 is 0. The van der Waals surface area contributed by atoms with Crippen molar-refractivity contribution in [3.8, 4) is 11.5 Å². The molecule has 0 bridgehead atoms. The Morgan fingerprint density at radius 2 is 1.85 bits per heavy atom. The van der Waals surface area contributed by atoms with Crippen LogP contribution in [0.5, 0.6) is 11.5 Å². The van der Waals surface area contributed by atoms with Crippen molar-refractivity contribution in [3.05, 3.63) is 59.2 Å². The molecule has 1 amide bonds. The molecule has 1 fully saturated rings. The largest absolute Gasteiger partial charge is 0.493 e. The van der Waals surface area contributed by atoms with Crippen LogP contribution < -0.4 is 20.1 Å². The van der Waals surface area contributed by atoms with E-state index < -0.39 is 0 Å². The monoisotopic (exact) mass is 566 g/mol. The Balaban J connectivity index is 0.00000385. The molecule has 0 radical (unpaired) electrons.